The molecule has 0 aromatic carbocycles. The molecule has 1 fully saturated rings. The molecule has 2 atom stereocenters. The summed E-state index contributed by atoms with van der Waals surface area (Å²) < 4.78 is 0. The van der Waals surface area contributed by atoms with Gasteiger partial charge >= 0.3 is 5.97 Å². The lowest BCUT2D eigenvalue weighted by Gasteiger charge is -2.28. The number of hydrogen-bond acceptors (Lipinski definition) is 2. The Morgan fingerprint density at radius 3 is 2.33 bits per heavy atom. The fourth-order valence-electron chi connectivity index (χ4n) is 2.10. The average Bonchev–Trinajstić information content (AvgIpc) is 2.30. The van der Waals surface area contributed by atoms with Crippen LogP contribution in [0.15, 0.2) is 0 Å². The molecule has 0 heterocycles. The second-order valence-electron chi connectivity index (χ2n) is 4.14. The van der Waals surface area contributed by atoms with E-state index >= 15 is 0 Å². The Bertz CT molecular complexity index is 181. The normalized spacial score (nSPS) is 30.6. The van der Waals surface area contributed by atoms with Crippen LogP contribution in [0.3, 0.4) is 0 Å². The first-order chi connectivity index (χ1) is 5.43. The van der Waals surface area contributed by atoms with E-state index in [1.807, 2.05) is 0 Å². The van der Waals surface area contributed by atoms with Crippen molar-refractivity contribution in [2.24, 2.45) is 11.8 Å². The summed E-state index contributed by atoms with van der Waals surface area (Å²) in [4.78, 5) is 10.7. The molecule has 1 rings (SSSR count). The molecule has 0 amide bonds. The highest BCUT2D eigenvalue weighted by Crippen LogP contribution is 2.38. The van der Waals surface area contributed by atoms with Crippen molar-refractivity contribution < 1.29 is 15.0 Å². The molecule has 2 unspecified atom stereocenters. The van der Waals surface area contributed by atoms with E-state index in [1.165, 1.54) is 0 Å². The third-order valence-corrected chi connectivity index (χ3v) is 2.74. The first-order valence-corrected chi connectivity index (χ1v) is 4.38. The Kier molecular flexibility index (Phi) is 2.42. The third kappa shape index (κ3) is 1.78. The predicted octanol–water partition coefficient (Wildman–Crippen LogP) is 1.26. The van der Waals surface area contributed by atoms with Gasteiger partial charge in [0.2, 0.25) is 0 Å². The molecule has 0 spiro atoms. The van der Waals surface area contributed by atoms with E-state index in [0.29, 0.717) is 6.42 Å². The number of carboxylic acid groups (broad SMARTS) is 1. The van der Waals surface area contributed by atoms with Crippen molar-refractivity contribution in [3.63, 3.8) is 0 Å². The second-order valence-corrected chi connectivity index (χ2v) is 4.14. The van der Waals surface area contributed by atoms with Crippen LogP contribution in [0.4, 0.5) is 0 Å². The summed E-state index contributed by atoms with van der Waals surface area (Å²) in [5.74, 6) is -1.18. The van der Waals surface area contributed by atoms with Crippen molar-refractivity contribution in [1.29, 1.82) is 0 Å². The van der Waals surface area contributed by atoms with Crippen LogP contribution in [0.25, 0.3) is 0 Å². The monoisotopic (exact) mass is 172 g/mol. The molecule has 0 radical (unpaired) electrons. The van der Waals surface area contributed by atoms with Gasteiger partial charge in [-0.05, 0) is 26.7 Å². The lowest BCUT2D eigenvalue weighted by atomic mass is 9.83. The molecule has 0 aromatic heterocycles. The van der Waals surface area contributed by atoms with Crippen molar-refractivity contribution in [2.75, 3.05) is 0 Å². The maximum Gasteiger partial charge on any atom is 0.306 e. The minimum atomic E-state index is -0.848. The van der Waals surface area contributed by atoms with Crippen molar-refractivity contribution in [3.05, 3.63) is 0 Å². The van der Waals surface area contributed by atoms with Crippen molar-refractivity contribution >= 4 is 5.97 Å². The van der Waals surface area contributed by atoms with Crippen LogP contribution in [0.5, 0.6) is 0 Å². The molecule has 0 aliphatic heterocycles. The molecule has 0 saturated heterocycles. The molecule has 70 valence electrons. The minimum absolute atomic E-state index is 0.0741. The standard InChI is InChI=1S/C9H16O3/c1-9(2,12)7-5-3-4-6(7)8(10)11/h6-7,12H,3-5H2,1-2H3,(H,10,11). The van der Waals surface area contributed by atoms with Gasteiger partial charge in [0, 0.05) is 5.92 Å². The van der Waals surface area contributed by atoms with Crippen molar-refractivity contribution in [2.45, 2.75) is 38.7 Å². The van der Waals surface area contributed by atoms with E-state index < -0.39 is 11.6 Å². The van der Waals surface area contributed by atoms with E-state index in [2.05, 4.69) is 0 Å². The van der Waals surface area contributed by atoms with Gasteiger partial charge in [-0.2, -0.15) is 0 Å². The maximum absolute atomic E-state index is 10.7. The van der Waals surface area contributed by atoms with E-state index in [9.17, 15) is 9.90 Å². The summed E-state index contributed by atoms with van der Waals surface area (Å²) in [6.07, 6.45) is 2.47. The Balaban J connectivity index is 2.71. The number of carbonyl (C=O) groups is 1. The topological polar surface area (TPSA) is 57.5 Å². The van der Waals surface area contributed by atoms with Crippen LogP contribution in [-0.2, 0) is 4.79 Å². The van der Waals surface area contributed by atoms with Gasteiger partial charge in [0.25, 0.3) is 0 Å². The fraction of sp³-hybridized carbons (Fsp3) is 0.889. The Morgan fingerprint density at radius 2 is 2.00 bits per heavy atom. The molecule has 0 aromatic rings. The maximum atomic E-state index is 10.7. The number of aliphatic hydroxyl groups is 1. The van der Waals surface area contributed by atoms with Crippen LogP contribution in [0.2, 0.25) is 0 Å². The second kappa shape index (κ2) is 3.05. The van der Waals surface area contributed by atoms with Gasteiger partial charge in [-0.3, -0.25) is 4.79 Å². The van der Waals surface area contributed by atoms with Gasteiger partial charge in [0.05, 0.1) is 11.5 Å². The zero-order chi connectivity index (χ0) is 9.35. The molecule has 3 heteroatoms. The van der Waals surface area contributed by atoms with Gasteiger partial charge in [-0.15, -0.1) is 0 Å². The molecular formula is C9H16O3. The summed E-state index contributed by atoms with van der Waals surface area (Å²) in [6.45, 7) is 3.39. The van der Waals surface area contributed by atoms with Crippen LogP contribution >= 0.6 is 0 Å². The van der Waals surface area contributed by atoms with Crippen molar-refractivity contribution in [3.8, 4) is 0 Å². The molecule has 3 nitrogen and oxygen atoms in total. The van der Waals surface area contributed by atoms with E-state index in [4.69, 9.17) is 5.11 Å². The number of rotatable bonds is 2. The fourth-order valence-corrected chi connectivity index (χ4v) is 2.10. The highest BCUT2D eigenvalue weighted by Gasteiger charge is 2.41. The molecule has 2 N–H and O–H groups in total. The van der Waals surface area contributed by atoms with Crippen LogP contribution in [0, 0.1) is 11.8 Å². The molecule has 12 heavy (non-hydrogen) atoms. The smallest absolute Gasteiger partial charge is 0.306 e. The highest BCUT2D eigenvalue weighted by molar-refractivity contribution is 5.70. The molecule has 1 saturated carbocycles. The SMILES string of the molecule is CC(C)(O)C1CCCC1C(=O)O. The third-order valence-electron chi connectivity index (χ3n) is 2.74. The summed E-state index contributed by atoms with van der Waals surface area (Å²) in [7, 11) is 0. The number of aliphatic carboxylic acids is 1. The molecular weight excluding hydrogens is 156 g/mol. The lowest BCUT2D eigenvalue weighted by molar-refractivity contribution is -0.146. The van der Waals surface area contributed by atoms with Crippen molar-refractivity contribution in [1.82, 2.24) is 0 Å². The Morgan fingerprint density at radius 1 is 1.42 bits per heavy atom. The first-order valence-electron chi connectivity index (χ1n) is 4.38. The molecule has 1 aliphatic rings. The van der Waals surface area contributed by atoms with E-state index in [1.54, 1.807) is 13.8 Å². The zero-order valence-corrected chi connectivity index (χ0v) is 7.58. The summed E-state index contributed by atoms with van der Waals surface area (Å²) in [5.41, 5.74) is -0.848. The van der Waals surface area contributed by atoms with Crippen LogP contribution in [0.1, 0.15) is 33.1 Å². The predicted molar refractivity (Wildman–Crippen MR) is 44.8 cm³/mol. The quantitative estimate of drug-likeness (QED) is 0.659. The summed E-state index contributed by atoms with van der Waals surface area (Å²) in [5, 5.41) is 18.5. The van der Waals surface area contributed by atoms with E-state index in [-0.39, 0.29) is 11.8 Å². The zero-order valence-electron chi connectivity index (χ0n) is 7.58. The summed E-state index contributed by atoms with van der Waals surface area (Å²) >= 11 is 0. The lowest BCUT2D eigenvalue weighted by Crippen LogP contribution is -2.36. The van der Waals surface area contributed by atoms with Gasteiger partial charge in [0.1, 0.15) is 0 Å². The van der Waals surface area contributed by atoms with E-state index in [0.717, 1.165) is 12.8 Å². The Hall–Kier alpha value is -0.570. The van der Waals surface area contributed by atoms with Crippen LogP contribution in [-0.4, -0.2) is 21.8 Å². The van der Waals surface area contributed by atoms with Gasteiger partial charge in [-0.25, -0.2) is 0 Å². The van der Waals surface area contributed by atoms with Gasteiger partial charge in [0.15, 0.2) is 0 Å². The summed E-state index contributed by atoms with van der Waals surface area (Å²) in [6, 6.07) is 0. The molecule has 0 bridgehead atoms. The van der Waals surface area contributed by atoms with Gasteiger partial charge in [-0.1, -0.05) is 6.42 Å². The first kappa shape index (κ1) is 9.52. The average molecular weight is 172 g/mol. The minimum Gasteiger partial charge on any atom is -0.481 e. The molecule has 1 aliphatic carbocycles. The van der Waals surface area contributed by atoms with Gasteiger partial charge < -0.3 is 10.2 Å². The van der Waals surface area contributed by atoms with Crippen LogP contribution < -0.4 is 0 Å². The number of hydrogen-bond donors (Lipinski definition) is 2. The highest BCUT2D eigenvalue weighted by atomic mass is 16.4. The Labute approximate surface area is 72.4 Å². The largest absolute Gasteiger partial charge is 0.481 e. The number of carboxylic acids is 1.